The molecule has 4 nitrogen and oxygen atoms in total. The van der Waals surface area contributed by atoms with Gasteiger partial charge in [-0.3, -0.25) is 0 Å². The van der Waals surface area contributed by atoms with Gasteiger partial charge >= 0.3 is 0 Å². The van der Waals surface area contributed by atoms with E-state index in [-0.39, 0.29) is 6.67 Å². The van der Waals surface area contributed by atoms with Crippen molar-refractivity contribution in [3.63, 3.8) is 0 Å². The quantitative estimate of drug-likeness (QED) is 0.442. The first-order chi connectivity index (χ1) is 4.16. The second-order valence-corrected chi connectivity index (χ2v) is 2.20. The molecule has 0 aromatic rings. The number of nitrogens with zero attached hydrogens (tertiary/aromatic N) is 1. The second kappa shape index (κ2) is 4.69. The third-order valence-electron chi connectivity index (χ3n) is 0.701. The van der Waals surface area contributed by atoms with Crippen LogP contribution in [-0.2, 0) is 4.84 Å². The Morgan fingerprint density at radius 3 is 2.56 bits per heavy atom. The number of hydroxylamine groups is 2. The van der Waals surface area contributed by atoms with Crippen molar-refractivity contribution in [1.29, 1.82) is 0 Å². The third kappa shape index (κ3) is 5.72. The maximum Gasteiger partial charge on any atom is 0.0696 e. The predicted octanol–water partition coefficient (Wildman–Crippen LogP) is 0.290. The smallest absolute Gasteiger partial charge is 0.0696 e. The summed E-state index contributed by atoms with van der Waals surface area (Å²) in [6.45, 7) is 4.25. The molecule has 0 saturated heterocycles. The first-order valence-corrected chi connectivity index (χ1v) is 2.94. The van der Waals surface area contributed by atoms with E-state index in [4.69, 9.17) is 5.73 Å². The van der Waals surface area contributed by atoms with Crippen LogP contribution in [0.4, 0.5) is 0 Å². The lowest BCUT2D eigenvalue weighted by molar-refractivity contribution is -0.128. The van der Waals surface area contributed by atoms with Crippen LogP contribution in [0.1, 0.15) is 13.8 Å². The molecular weight excluding hydrogens is 120 g/mol. The largest absolute Gasteiger partial charge is 0.761 e. The first kappa shape index (κ1) is 8.84. The van der Waals surface area contributed by atoms with Crippen LogP contribution in [0.2, 0.25) is 0 Å². The summed E-state index contributed by atoms with van der Waals surface area (Å²) in [5.41, 5.74) is 4.95. The molecule has 0 saturated carbocycles. The summed E-state index contributed by atoms with van der Waals surface area (Å²) in [4.78, 5) is 4.61. The molecule has 0 heterocycles. The highest BCUT2D eigenvalue weighted by Crippen LogP contribution is 1.93. The van der Waals surface area contributed by atoms with Gasteiger partial charge in [-0.25, -0.2) is 5.23 Å². The molecule has 0 rings (SSSR count). The van der Waals surface area contributed by atoms with Gasteiger partial charge in [0, 0.05) is 0 Å². The van der Waals surface area contributed by atoms with E-state index in [0.717, 1.165) is 0 Å². The van der Waals surface area contributed by atoms with Gasteiger partial charge in [0.15, 0.2) is 0 Å². The highest BCUT2D eigenvalue weighted by molar-refractivity contribution is 4.40. The Bertz CT molecular complexity index is 68.0. The van der Waals surface area contributed by atoms with E-state index in [9.17, 15) is 5.21 Å². The summed E-state index contributed by atoms with van der Waals surface area (Å²) in [5.74, 6) is 0.369. The number of rotatable bonds is 4. The van der Waals surface area contributed by atoms with Crippen LogP contribution in [0.15, 0.2) is 0 Å². The minimum absolute atomic E-state index is 0.104. The van der Waals surface area contributed by atoms with Gasteiger partial charge in [0.2, 0.25) is 0 Å². The molecule has 0 aromatic carbocycles. The Morgan fingerprint density at radius 2 is 2.22 bits per heavy atom. The lowest BCUT2D eigenvalue weighted by Gasteiger charge is -2.25. The van der Waals surface area contributed by atoms with Crippen LogP contribution in [0, 0.1) is 11.1 Å². The average Bonchev–Trinajstić information content (AvgIpc) is 1.83. The molecule has 0 aromatic heterocycles. The van der Waals surface area contributed by atoms with E-state index < -0.39 is 0 Å². The van der Waals surface area contributed by atoms with Gasteiger partial charge in [-0.15, -0.1) is 0 Å². The summed E-state index contributed by atoms with van der Waals surface area (Å²) in [5, 5.41) is 10.7. The standard InChI is InChI=1S/C5H13N2O2/c1-5(2)3-9-7(8)4-6/h5H,3-4,6H2,1-2H3/q-1. The van der Waals surface area contributed by atoms with Crippen molar-refractivity contribution >= 4 is 0 Å². The van der Waals surface area contributed by atoms with Gasteiger partial charge in [-0.1, -0.05) is 13.8 Å². The van der Waals surface area contributed by atoms with E-state index in [2.05, 4.69) is 4.84 Å². The molecule has 56 valence electrons. The van der Waals surface area contributed by atoms with Crippen molar-refractivity contribution in [2.45, 2.75) is 13.8 Å². The number of hydrogen-bond acceptors (Lipinski definition) is 4. The van der Waals surface area contributed by atoms with E-state index in [1.807, 2.05) is 13.8 Å². The first-order valence-electron chi connectivity index (χ1n) is 2.94. The molecule has 4 heteroatoms. The summed E-state index contributed by atoms with van der Waals surface area (Å²) in [6.07, 6.45) is 0. The van der Waals surface area contributed by atoms with Crippen molar-refractivity contribution < 1.29 is 4.84 Å². The summed E-state index contributed by atoms with van der Waals surface area (Å²) < 4.78 is 0. The predicted molar refractivity (Wildman–Crippen MR) is 35.1 cm³/mol. The average molecular weight is 133 g/mol. The molecule has 0 fully saturated rings. The highest BCUT2D eigenvalue weighted by Gasteiger charge is 1.92. The van der Waals surface area contributed by atoms with E-state index in [0.29, 0.717) is 17.8 Å². The van der Waals surface area contributed by atoms with Crippen LogP contribution in [-0.4, -0.2) is 18.5 Å². The molecule has 0 atom stereocenters. The molecule has 0 aliphatic rings. The Hall–Kier alpha value is -0.160. The number of hydrogen-bond donors (Lipinski definition) is 1. The highest BCUT2D eigenvalue weighted by atomic mass is 16.9. The minimum atomic E-state index is -0.104. The Kier molecular flexibility index (Phi) is 4.61. The lowest BCUT2D eigenvalue weighted by atomic mass is 10.2. The van der Waals surface area contributed by atoms with E-state index in [1.54, 1.807) is 0 Å². The monoisotopic (exact) mass is 133 g/mol. The summed E-state index contributed by atoms with van der Waals surface area (Å²) in [6, 6.07) is 0. The van der Waals surface area contributed by atoms with E-state index in [1.165, 1.54) is 0 Å². The molecule has 0 aliphatic heterocycles. The van der Waals surface area contributed by atoms with Crippen molar-refractivity contribution in [3.05, 3.63) is 5.21 Å². The lowest BCUT2D eigenvalue weighted by Crippen LogP contribution is -2.25. The third-order valence-corrected chi connectivity index (χ3v) is 0.701. The Labute approximate surface area is 55.1 Å². The minimum Gasteiger partial charge on any atom is -0.761 e. The Balaban J connectivity index is 3.06. The number of nitrogens with two attached hydrogens (primary N) is 1. The molecule has 0 unspecified atom stereocenters. The Morgan fingerprint density at radius 1 is 1.67 bits per heavy atom. The topological polar surface area (TPSA) is 61.5 Å². The summed E-state index contributed by atoms with van der Waals surface area (Å²) >= 11 is 0. The molecule has 0 bridgehead atoms. The maximum atomic E-state index is 10.3. The van der Waals surface area contributed by atoms with Gasteiger partial charge in [0.1, 0.15) is 0 Å². The van der Waals surface area contributed by atoms with Gasteiger partial charge in [-0.2, -0.15) is 0 Å². The molecule has 2 N–H and O–H groups in total. The molecular formula is C5H13N2O2-. The molecule has 0 amide bonds. The van der Waals surface area contributed by atoms with Crippen LogP contribution in [0.5, 0.6) is 0 Å². The fraction of sp³-hybridized carbons (Fsp3) is 1.00. The van der Waals surface area contributed by atoms with Crippen molar-refractivity contribution in [2.75, 3.05) is 13.3 Å². The van der Waals surface area contributed by atoms with Gasteiger partial charge < -0.3 is 15.8 Å². The van der Waals surface area contributed by atoms with Crippen molar-refractivity contribution in [3.8, 4) is 0 Å². The SMILES string of the molecule is CC(C)CON([O-])CN. The van der Waals surface area contributed by atoms with Crippen molar-refractivity contribution in [1.82, 2.24) is 5.23 Å². The molecule has 9 heavy (non-hydrogen) atoms. The second-order valence-electron chi connectivity index (χ2n) is 2.20. The van der Waals surface area contributed by atoms with Crippen LogP contribution in [0.3, 0.4) is 0 Å². The van der Waals surface area contributed by atoms with E-state index >= 15 is 0 Å². The fourth-order valence-electron chi connectivity index (χ4n) is 0.285. The van der Waals surface area contributed by atoms with Crippen LogP contribution >= 0.6 is 0 Å². The zero-order valence-electron chi connectivity index (χ0n) is 5.83. The van der Waals surface area contributed by atoms with Gasteiger partial charge in [-0.05, 0) is 5.92 Å². The fourth-order valence-corrected chi connectivity index (χ4v) is 0.285. The molecule has 0 spiro atoms. The molecule has 0 aliphatic carbocycles. The van der Waals surface area contributed by atoms with Crippen LogP contribution in [0.25, 0.3) is 0 Å². The summed E-state index contributed by atoms with van der Waals surface area (Å²) in [7, 11) is 0. The maximum absolute atomic E-state index is 10.3. The zero-order chi connectivity index (χ0) is 7.28. The van der Waals surface area contributed by atoms with Gasteiger partial charge in [0.05, 0.1) is 13.3 Å². The zero-order valence-corrected chi connectivity index (χ0v) is 5.83. The molecule has 0 radical (unpaired) electrons. The van der Waals surface area contributed by atoms with Crippen LogP contribution < -0.4 is 5.73 Å². The van der Waals surface area contributed by atoms with Gasteiger partial charge in [0.25, 0.3) is 0 Å². The van der Waals surface area contributed by atoms with Crippen molar-refractivity contribution in [2.24, 2.45) is 11.7 Å². The normalized spacial score (nSPS) is 11.3.